The van der Waals surface area contributed by atoms with Crippen molar-refractivity contribution < 1.29 is 4.74 Å². The Labute approximate surface area is 132 Å². The summed E-state index contributed by atoms with van der Waals surface area (Å²) < 4.78 is 7.45. The van der Waals surface area contributed by atoms with Crippen LogP contribution in [0, 0.1) is 13.8 Å². The van der Waals surface area contributed by atoms with Crippen molar-refractivity contribution in [3.63, 3.8) is 0 Å². The van der Waals surface area contributed by atoms with Crippen molar-refractivity contribution >= 4 is 33.3 Å². The van der Waals surface area contributed by atoms with Crippen molar-refractivity contribution in [1.82, 2.24) is 9.55 Å². The zero-order valence-corrected chi connectivity index (χ0v) is 14.3. The fourth-order valence-corrected chi connectivity index (χ4v) is 4.84. The van der Waals surface area contributed by atoms with Gasteiger partial charge in [0.15, 0.2) is 5.16 Å². The highest BCUT2D eigenvalue weighted by Crippen LogP contribution is 2.29. The van der Waals surface area contributed by atoms with E-state index in [2.05, 4.69) is 6.92 Å². The van der Waals surface area contributed by atoms with Crippen LogP contribution in [0.15, 0.2) is 9.95 Å². The predicted octanol–water partition coefficient (Wildman–Crippen LogP) is 3.37. The summed E-state index contributed by atoms with van der Waals surface area (Å²) in [4.78, 5) is 19.5. The molecule has 6 heteroatoms. The number of ether oxygens (including phenoxy) is 1. The van der Waals surface area contributed by atoms with E-state index in [1.54, 1.807) is 27.7 Å². The Balaban J connectivity index is 1.99. The summed E-state index contributed by atoms with van der Waals surface area (Å²) in [5.74, 6) is 0.876. The van der Waals surface area contributed by atoms with Gasteiger partial charge in [-0.2, -0.15) is 0 Å². The molecule has 3 rings (SSSR count). The van der Waals surface area contributed by atoms with Gasteiger partial charge in [-0.3, -0.25) is 9.36 Å². The normalized spacial score (nSPS) is 18.7. The third kappa shape index (κ3) is 2.76. The highest BCUT2D eigenvalue weighted by molar-refractivity contribution is 7.99. The van der Waals surface area contributed by atoms with Gasteiger partial charge in [0.05, 0.1) is 11.5 Å². The number of rotatable bonds is 4. The number of aromatic nitrogens is 2. The Morgan fingerprint density at radius 2 is 2.29 bits per heavy atom. The standard InChI is InChI=1S/C15H20N2O2S2/c1-4-17-14(18)12-9(2)10(3)21-13(12)16-15(17)20-8-11-6-5-7-19-11/h11H,4-8H2,1-3H3. The summed E-state index contributed by atoms with van der Waals surface area (Å²) in [5, 5.41) is 1.62. The SMILES string of the molecule is CCn1c(SCC2CCCO2)nc2sc(C)c(C)c2c1=O. The third-order valence-electron chi connectivity index (χ3n) is 3.99. The molecule has 0 saturated carbocycles. The number of hydrogen-bond acceptors (Lipinski definition) is 5. The molecule has 0 N–H and O–H groups in total. The van der Waals surface area contributed by atoms with Gasteiger partial charge in [-0.05, 0) is 39.2 Å². The first kappa shape index (κ1) is 15.1. The lowest BCUT2D eigenvalue weighted by molar-refractivity contribution is 0.129. The molecule has 3 heterocycles. The van der Waals surface area contributed by atoms with E-state index in [1.807, 2.05) is 13.8 Å². The molecule has 1 atom stereocenters. The van der Waals surface area contributed by atoms with E-state index >= 15 is 0 Å². The quantitative estimate of drug-likeness (QED) is 0.639. The van der Waals surface area contributed by atoms with Gasteiger partial charge in [0, 0.05) is 23.8 Å². The zero-order valence-electron chi connectivity index (χ0n) is 12.6. The van der Waals surface area contributed by atoms with Crippen LogP contribution in [0.25, 0.3) is 10.2 Å². The minimum atomic E-state index is 0.0965. The van der Waals surface area contributed by atoms with Crippen LogP contribution >= 0.6 is 23.1 Å². The van der Waals surface area contributed by atoms with Crippen LogP contribution in [0.3, 0.4) is 0 Å². The number of nitrogens with zero attached hydrogens (tertiary/aromatic N) is 2. The number of aryl methyl sites for hydroxylation is 2. The van der Waals surface area contributed by atoms with E-state index in [0.29, 0.717) is 12.6 Å². The smallest absolute Gasteiger partial charge is 0.263 e. The summed E-state index contributed by atoms with van der Waals surface area (Å²) in [6, 6.07) is 0. The van der Waals surface area contributed by atoms with Crippen molar-refractivity contribution in [2.75, 3.05) is 12.4 Å². The molecule has 0 radical (unpaired) electrons. The molecule has 0 aliphatic carbocycles. The maximum atomic E-state index is 12.7. The van der Waals surface area contributed by atoms with Gasteiger partial charge >= 0.3 is 0 Å². The predicted molar refractivity (Wildman–Crippen MR) is 88.7 cm³/mol. The molecule has 0 aromatic carbocycles. The number of hydrogen-bond donors (Lipinski definition) is 0. The second-order valence-corrected chi connectivity index (χ2v) is 7.54. The zero-order chi connectivity index (χ0) is 15.0. The Kier molecular flexibility index (Phi) is 4.38. The summed E-state index contributed by atoms with van der Waals surface area (Å²) in [7, 11) is 0. The van der Waals surface area contributed by atoms with Crippen LogP contribution < -0.4 is 5.56 Å². The summed E-state index contributed by atoms with van der Waals surface area (Å²) in [5.41, 5.74) is 1.17. The van der Waals surface area contributed by atoms with Crippen LogP contribution in [0.5, 0.6) is 0 Å². The highest BCUT2D eigenvalue weighted by atomic mass is 32.2. The van der Waals surface area contributed by atoms with E-state index in [-0.39, 0.29) is 5.56 Å². The lowest BCUT2D eigenvalue weighted by atomic mass is 10.2. The van der Waals surface area contributed by atoms with E-state index in [4.69, 9.17) is 9.72 Å². The third-order valence-corrected chi connectivity index (χ3v) is 6.20. The molecule has 0 spiro atoms. The van der Waals surface area contributed by atoms with Crippen molar-refractivity contribution in [3.05, 3.63) is 20.8 Å². The molecule has 4 nitrogen and oxygen atoms in total. The van der Waals surface area contributed by atoms with Crippen molar-refractivity contribution in [2.45, 2.75) is 51.4 Å². The Bertz CT molecular complexity index is 715. The topological polar surface area (TPSA) is 44.1 Å². The fraction of sp³-hybridized carbons (Fsp3) is 0.600. The molecule has 2 aromatic rings. The molecule has 1 fully saturated rings. The van der Waals surface area contributed by atoms with Gasteiger partial charge in [-0.1, -0.05) is 11.8 Å². The van der Waals surface area contributed by atoms with E-state index in [1.165, 1.54) is 4.88 Å². The van der Waals surface area contributed by atoms with Crippen LogP contribution in [0.1, 0.15) is 30.2 Å². The van der Waals surface area contributed by atoms with Gasteiger partial charge in [0.25, 0.3) is 5.56 Å². The maximum Gasteiger partial charge on any atom is 0.263 e. The number of thiophene rings is 1. The molecule has 2 aromatic heterocycles. The van der Waals surface area contributed by atoms with Gasteiger partial charge in [0.1, 0.15) is 4.83 Å². The number of fused-ring (bicyclic) bond motifs is 1. The largest absolute Gasteiger partial charge is 0.377 e. The average molecular weight is 324 g/mol. The van der Waals surface area contributed by atoms with Crippen LogP contribution in [-0.2, 0) is 11.3 Å². The van der Waals surface area contributed by atoms with Crippen LogP contribution in [-0.4, -0.2) is 28.0 Å². The first-order valence-corrected chi connectivity index (χ1v) is 9.17. The summed E-state index contributed by atoms with van der Waals surface area (Å²) in [6.45, 7) is 7.58. The fourth-order valence-electron chi connectivity index (χ4n) is 2.64. The molecule has 21 heavy (non-hydrogen) atoms. The Morgan fingerprint density at radius 1 is 1.48 bits per heavy atom. The van der Waals surface area contributed by atoms with Crippen LogP contribution in [0.4, 0.5) is 0 Å². The Morgan fingerprint density at radius 3 is 2.95 bits per heavy atom. The lowest BCUT2D eigenvalue weighted by Gasteiger charge is -2.12. The maximum absolute atomic E-state index is 12.7. The molecular weight excluding hydrogens is 304 g/mol. The molecule has 114 valence electrons. The molecule has 1 saturated heterocycles. The first-order valence-electron chi connectivity index (χ1n) is 7.36. The van der Waals surface area contributed by atoms with Gasteiger partial charge in [-0.15, -0.1) is 11.3 Å². The molecule has 1 aliphatic rings. The second kappa shape index (κ2) is 6.10. The van der Waals surface area contributed by atoms with E-state index in [9.17, 15) is 4.79 Å². The van der Waals surface area contributed by atoms with E-state index in [0.717, 1.165) is 46.1 Å². The molecule has 0 amide bonds. The second-order valence-electron chi connectivity index (χ2n) is 5.35. The average Bonchev–Trinajstić information content (AvgIpc) is 3.06. The van der Waals surface area contributed by atoms with E-state index < -0.39 is 0 Å². The van der Waals surface area contributed by atoms with Gasteiger partial charge in [0.2, 0.25) is 0 Å². The lowest BCUT2D eigenvalue weighted by Crippen LogP contribution is -2.23. The number of thioether (sulfide) groups is 1. The van der Waals surface area contributed by atoms with Gasteiger partial charge < -0.3 is 4.74 Å². The van der Waals surface area contributed by atoms with Gasteiger partial charge in [-0.25, -0.2) is 4.98 Å². The van der Waals surface area contributed by atoms with Crippen molar-refractivity contribution in [3.8, 4) is 0 Å². The van der Waals surface area contributed by atoms with Crippen molar-refractivity contribution in [1.29, 1.82) is 0 Å². The minimum Gasteiger partial charge on any atom is -0.377 e. The molecule has 1 unspecified atom stereocenters. The molecular formula is C15H20N2O2S2. The highest BCUT2D eigenvalue weighted by Gasteiger charge is 2.19. The molecule has 1 aliphatic heterocycles. The van der Waals surface area contributed by atoms with Crippen molar-refractivity contribution in [2.24, 2.45) is 0 Å². The monoisotopic (exact) mass is 324 g/mol. The summed E-state index contributed by atoms with van der Waals surface area (Å²) in [6.07, 6.45) is 2.56. The summed E-state index contributed by atoms with van der Waals surface area (Å²) >= 11 is 3.26. The van der Waals surface area contributed by atoms with Crippen LogP contribution in [0.2, 0.25) is 0 Å². The first-order chi connectivity index (χ1) is 10.1. The Hall–Kier alpha value is -0.850. The molecule has 0 bridgehead atoms. The minimum absolute atomic E-state index is 0.0965.